The summed E-state index contributed by atoms with van der Waals surface area (Å²) < 4.78 is 0. The maximum atomic E-state index is 14.6. The number of phenols is 1. The molecule has 0 aromatic heterocycles. The van der Waals surface area contributed by atoms with Gasteiger partial charge in [-0.3, -0.25) is 38.9 Å². The molecule has 3 fully saturated rings. The number of unbranched alkanes of at least 4 members (excludes halogenated alkanes) is 5. The third-order valence-electron chi connectivity index (χ3n) is 14.9. The van der Waals surface area contributed by atoms with Gasteiger partial charge in [0.05, 0.1) is 30.5 Å². The number of hydrogen-bond acceptors (Lipinski definition) is 18. The van der Waals surface area contributed by atoms with Crippen molar-refractivity contribution >= 4 is 41.4 Å². The molecule has 0 aliphatic carbocycles. The monoisotopic (exact) mass is 1090 g/mol. The molecule has 0 spiro atoms. The normalized spacial score (nSPS) is 28.6. The highest BCUT2D eigenvalue weighted by Crippen LogP contribution is 2.27. The van der Waals surface area contributed by atoms with E-state index in [1.807, 2.05) is 0 Å². The van der Waals surface area contributed by atoms with E-state index in [2.05, 4.69) is 52.7 Å². The van der Waals surface area contributed by atoms with Gasteiger partial charge in [0.2, 0.25) is 41.4 Å². The second-order valence-electron chi connectivity index (χ2n) is 21.3. The van der Waals surface area contributed by atoms with Gasteiger partial charge in [-0.15, -0.1) is 0 Å². The number of aliphatic hydroxyl groups is 7. The molecule has 0 radical (unpaired) electrons. The van der Waals surface area contributed by atoms with Crippen molar-refractivity contribution < 1.29 is 74.4 Å². The minimum absolute atomic E-state index is 0.0257. The van der Waals surface area contributed by atoms with Crippen LogP contribution in [0.4, 0.5) is 0 Å². The first kappa shape index (κ1) is 64.4. The molecular formula is C52H88N10O15. The fourth-order valence-corrected chi connectivity index (χ4v) is 10.2. The number of hydrogen-bond donors (Lipinski definition) is 16. The Morgan fingerprint density at radius 2 is 1.34 bits per heavy atom. The van der Waals surface area contributed by atoms with Gasteiger partial charge in [0.1, 0.15) is 60.4 Å². The summed E-state index contributed by atoms with van der Waals surface area (Å²) in [6.07, 6.45) is -6.95. The first-order valence-corrected chi connectivity index (χ1v) is 27.3. The highest BCUT2D eigenvalue weighted by Gasteiger charge is 2.49. The molecule has 0 bridgehead atoms. The van der Waals surface area contributed by atoms with Crippen LogP contribution in [0.3, 0.4) is 0 Å². The Kier molecular flexibility index (Phi) is 26.4. The van der Waals surface area contributed by atoms with Gasteiger partial charge in [-0.25, -0.2) is 0 Å². The van der Waals surface area contributed by atoms with E-state index in [-0.39, 0.29) is 56.8 Å². The minimum Gasteiger partial charge on any atom is -0.508 e. The molecule has 16 atom stereocenters. The van der Waals surface area contributed by atoms with Gasteiger partial charge >= 0.3 is 0 Å². The maximum absolute atomic E-state index is 14.6. The zero-order valence-corrected chi connectivity index (χ0v) is 45.0. The Labute approximate surface area is 450 Å². The van der Waals surface area contributed by atoms with Crippen molar-refractivity contribution in [1.82, 2.24) is 41.7 Å². The Bertz CT molecular complexity index is 2070. The van der Waals surface area contributed by atoms with Crippen LogP contribution in [-0.4, -0.2) is 204 Å². The molecule has 1 unspecified atom stereocenters. The van der Waals surface area contributed by atoms with Crippen molar-refractivity contribution in [2.45, 2.75) is 203 Å². The second kappa shape index (κ2) is 31.5. The number of fused-ring (bicyclic) bond motifs is 2. The SMILES string of the molecule is CC[C@@H](C)C[C@@H](C)CCCCCCCCC(=O)NC1C[C@@H](O)[C@@H](NCCN)NC(=O)[C@@H]2[C@@H](O)CCN2C(=O)[C@H]([C@H](O)CCN)NC(=O)[C@H]([C@H](O)[C@@H](O)c2ccc(O)cc2)NC(=O)[C@@H]2C[C@@H](O)CN2C(=O)[C@H]([C@@H](C)O)NC1=O. The molecule has 3 heterocycles. The minimum atomic E-state index is -2.28. The van der Waals surface area contributed by atoms with Crippen LogP contribution in [0, 0.1) is 11.8 Å². The van der Waals surface area contributed by atoms with Gasteiger partial charge in [0.15, 0.2) is 0 Å². The summed E-state index contributed by atoms with van der Waals surface area (Å²) in [6.45, 7) is 6.73. The summed E-state index contributed by atoms with van der Waals surface area (Å²) in [6, 6.07) is -6.40. The van der Waals surface area contributed by atoms with Gasteiger partial charge in [0.25, 0.3) is 0 Å². The van der Waals surface area contributed by atoms with Gasteiger partial charge in [-0.1, -0.05) is 77.8 Å². The van der Waals surface area contributed by atoms with Crippen LogP contribution in [0.5, 0.6) is 5.75 Å². The van der Waals surface area contributed by atoms with E-state index in [1.54, 1.807) is 0 Å². The van der Waals surface area contributed by atoms with Crippen LogP contribution in [0.15, 0.2) is 24.3 Å². The van der Waals surface area contributed by atoms with E-state index in [0.29, 0.717) is 24.7 Å². The number of rotatable bonds is 23. The average Bonchev–Trinajstić information content (AvgIpc) is 3.99. The number of nitrogens with two attached hydrogens (primary N) is 2. The maximum Gasteiger partial charge on any atom is 0.248 e. The fraction of sp³-hybridized carbons (Fsp3) is 0.750. The largest absolute Gasteiger partial charge is 0.508 e. The third kappa shape index (κ3) is 18.8. The van der Waals surface area contributed by atoms with Crippen LogP contribution < -0.4 is 43.4 Å². The Morgan fingerprint density at radius 3 is 1.97 bits per heavy atom. The first-order valence-electron chi connectivity index (χ1n) is 27.3. The summed E-state index contributed by atoms with van der Waals surface area (Å²) in [7, 11) is 0. The summed E-state index contributed by atoms with van der Waals surface area (Å²) in [5.41, 5.74) is 11.5. The lowest BCUT2D eigenvalue weighted by molar-refractivity contribution is -0.148. The lowest BCUT2D eigenvalue weighted by Gasteiger charge is -2.35. The molecule has 0 saturated carbocycles. The highest BCUT2D eigenvalue weighted by molar-refractivity contribution is 5.98. The molecule has 436 valence electrons. The number of nitrogens with zero attached hydrogens (tertiary/aromatic N) is 2. The average molecular weight is 1090 g/mol. The summed E-state index contributed by atoms with van der Waals surface area (Å²) >= 11 is 0. The summed E-state index contributed by atoms with van der Waals surface area (Å²) in [5.74, 6) is -6.43. The molecule has 3 aliphatic rings. The summed E-state index contributed by atoms with van der Waals surface area (Å²) in [5, 5.41) is 104. The quantitative estimate of drug-likeness (QED) is 0.0477. The number of benzene rings is 1. The molecule has 3 saturated heterocycles. The van der Waals surface area contributed by atoms with Gasteiger partial charge < -0.3 is 88.7 Å². The number of carbonyl (C=O) groups is 7. The van der Waals surface area contributed by atoms with Gasteiger partial charge in [-0.2, -0.15) is 0 Å². The van der Waals surface area contributed by atoms with Gasteiger partial charge in [-0.05, 0) is 68.7 Å². The summed E-state index contributed by atoms with van der Waals surface area (Å²) in [4.78, 5) is 102. The van der Waals surface area contributed by atoms with E-state index < -0.39 is 146 Å². The molecule has 77 heavy (non-hydrogen) atoms. The molecule has 7 amide bonds. The number of carbonyl (C=O) groups excluding carboxylic acids is 7. The number of aromatic hydroxyl groups is 1. The van der Waals surface area contributed by atoms with Crippen molar-refractivity contribution in [2.24, 2.45) is 23.3 Å². The molecular weight excluding hydrogens is 1000 g/mol. The number of aliphatic hydroxyl groups excluding tert-OH is 7. The van der Waals surface area contributed by atoms with Crippen LogP contribution in [0.1, 0.15) is 129 Å². The van der Waals surface area contributed by atoms with Crippen molar-refractivity contribution in [3.63, 3.8) is 0 Å². The Balaban J connectivity index is 1.73. The van der Waals surface area contributed by atoms with Crippen molar-refractivity contribution in [3.05, 3.63) is 29.8 Å². The lowest BCUT2D eigenvalue weighted by atomic mass is 9.91. The van der Waals surface area contributed by atoms with Crippen LogP contribution >= 0.6 is 0 Å². The fourth-order valence-electron chi connectivity index (χ4n) is 10.2. The van der Waals surface area contributed by atoms with E-state index in [4.69, 9.17) is 11.5 Å². The van der Waals surface area contributed by atoms with E-state index >= 15 is 0 Å². The predicted octanol–water partition coefficient (Wildman–Crippen LogP) is -3.31. The predicted molar refractivity (Wildman–Crippen MR) is 280 cm³/mol. The number of phenolic OH excluding ortho intramolecular Hbond substituents is 1. The molecule has 25 heteroatoms. The molecule has 1 aromatic carbocycles. The number of amides is 7. The molecule has 18 N–H and O–H groups in total. The standard InChI is InChI=1S/C52H88N10O15/c1-5-28(2)24-29(3)12-10-8-6-7-9-11-13-39(69)56-34-26-38(68)46(55-22-21-54)60-50(75)43-37(67)19-23-61(43)52(77)41(36(66)18-20-53)58-49(74)42(45(71)44(70)31-14-16-32(64)17-15-31)59-48(73)35-25-33(65)27-62(35)51(76)40(30(4)63)57-47(34)72/h14-17,28-30,33-38,40-46,55,63-68,70-71H,5-13,18-27,53-54H2,1-4H3,(H,56,69)(H,57,72)(H,58,74)(H,59,73)(H,60,75)/t28-,29+,30-,33-,34?,35+,36-,37+,38-,40+,41+,42+,43+,44+,45+,46+/m1/s1. The molecule has 25 nitrogen and oxygen atoms in total. The number of nitrogens with one attached hydrogen (secondary N) is 6. The van der Waals surface area contributed by atoms with Crippen LogP contribution in [0.25, 0.3) is 0 Å². The van der Waals surface area contributed by atoms with Crippen molar-refractivity contribution in [1.29, 1.82) is 0 Å². The van der Waals surface area contributed by atoms with E-state index in [1.165, 1.54) is 30.7 Å². The first-order chi connectivity index (χ1) is 36.5. The molecule has 4 rings (SSSR count). The zero-order chi connectivity index (χ0) is 57.1. The third-order valence-corrected chi connectivity index (χ3v) is 14.9. The van der Waals surface area contributed by atoms with Crippen LogP contribution in [-0.2, 0) is 33.6 Å². The topological polar surface area (TPSA) is 412 Å². The highest BCUT2D eigenvalue weighted by atomic mass is 16.3. The van der Waals surface area contributed by atoms with Crippen LogP contribution in [0.2, 0.25) is 0 Å². The second-order valence-corrected chi connectivity index (χ2v) is 21.3. The zero-order valence-electron chi connectivity index (χ0n) is 45.0. The van der Waals surface area contributed by atoms with E-state index in [9.17, 15) is 74.4 Å². The Morgan fingerprint density at radius 1 is 0.714 bits per heavy atom. The smallest absolute Gasteiger partial charge is 0.248 e. The van der Waals surface area contributed by atoms with E-state index in [0.717, 1.165) is 55.2 Å². The Hall–Kier alpha value is -5.09. The van der Waals surface area contributed by atoms with Gasteiger partial charge in [0, 0.05) is 45.4 Å². The molecule has 1 aromatic rings. The van der Waals surface area contributed by atoms with Crippen molar-refractivity contribution in [3.8, 4) is 5.75 Å². The lowest BCUT2D eigenvalue weighted by Crippen LogP contribution is -2.65. The molecule has 3 aliphatic heterocycles. The van der Waals surface area contributed by atoms with Crippen molar-refractivity contribution in [2.75, 3.05) is 32.7 Å².